The van der Waals surface area contributed by atoms with Gasteiger partial charge in [0.25, 0.3) is 0 Å². The van der Waals surface area contributed by atoms with Crippen molar-refractivity contribution in [3.05, 3.63) is 59.9 Å². The first-order chi connectivity index (χ1) is 10.6. The first kappa shape index (κ1) is 15.0. The molecule has 0 spiro atoms. The lowest BCUT2D eigenvalue weighted by Gasteiger charge is -2.27. The summed E-state index contributed by atoms with van der Waals surface area (Å²) >= 11 is 0. The number of aryl methyl sites for hydroxylation is 1. The van der Waals surface area contributed by atoms with Crippen molar-refractivity contribution in [2.24, 2.45) is 4.99 Å². The van der Waals surface area contributed by atoms with Gasteiger partial charge in [-0.3, -0.25) is 4.98 Å². The standard InChI is InChI=1S/C16H15N5O.H2O/c1-10-7-8-12(9-17-10)20-16(22)15-11(2)18-13-5-3-4-6-14(13)21(15)19-20;/h3-9,19,22H,1-2H3;1H2. The lowest BCUT2D eigenvalue weighted by Crippen LogP contribution is -2.43. The molecular formula is C16H17N5O2. The van der Waals surface area contributed by atoms with Crippen molar-refractivity contribution in [2.75, 3.05) is 10.0 Å². The SMILES string of the molecule is CC1=Nc2ccccc2N2NN(c3ccc(C)nc3)C(O)=C12.O. The minimum absolute atomic E-state index is 0. The molecule has 4 N–H and O–H groups in total. The summed E-state index contributed by atoms with van der Waals surface area (Å²) in [6, 6.07) is 11.6. The van der Waals surface area contributed by atoms with Gasteiger partial charge >= 0.3 is 0 Å². The molecule has 7 heteroatoms. The molecule has 0 saturated carbocycles. The van der Waals surface area contributed by atoms with Crippen LogP contribution in [0.4, 0.5) is 17.1 Å². The first-order valence-corrected chi connectivity index (χ1v) is 7.02. The van der Waals surface area contributed by atoms with E-state index in [9.17, 15) is 5.11 Å². The van der Waals surface area contributed by atoms with Gasteiger partial charge in [-0.1, -0.05) is 12.1 Å². The molecule has 2 aromatic rings. The zero-order chi connectivity index (χ0) is 15.3. The number of nitrogens with zero attached hydrogens (tertiary/aromatic N) is 4. The number of aliphatic imine (C=N–C) groups is 1. The third-order valence-corrected chi connectivity index (χ3v) is 3.75. The van der Waals surface area contributed by atoms with Crippen LogP contribution in [0.2, 0.25) is 0 Å². The zero-order valence-corrected chi connectivity index (χ0v) is 12.8. The molecular weight excluding hydrogens is 294 g/mol. The molecule has 2 aliphatic heterocycles. The number of pyridine rings is 1. The van der Waals surface area contributed by atoms with E-state index in [0.717, 1.165) is 28.5 Å². The number of allylic oxidation sites excluding steroid dienone is 1. The van der Waals surface area contributed by atoms with Gasteiger partial charge in [0.1, 0.15) is 5.70 Å². The van der Waals surface area contributed by atoms with Crippen molar-refractivity contribution in [1.82, 2.24) is 10.5 Å². The largest absolute Gasteiger partial charge is 0.492 e. The van der Waals surface area contributed by atoms with Crippen molar-refractivity contribution in [3.63, 3.8) is 0 Å². The molecule has 0 unspecified atom stereocenters. The van der Waals surface area contributed by atoms with Gasteiger partial charge in [0.05, 0.1) is 29.0 Å². The molecule has 118 valence electrons. The average molecular weight is 311 g/mol. The van der Waals surface area contributed by atoms with Crippen LogP contribution >= 0.6 is 0 Å². The molecule has 3 heterocycles. The molecule has 0 atom stereocenters. The molecule has 4 rings (SSSR count). The van der Waals surface area contributed by atoms with Crippen molar-refractivity contribution in [1.29, 1.82) is 0 Å². The molecule has 0 bridgehead atoms. The van der Waals surface area contributed by atoms with Crippen LogP contribution in [-0.4, -0.2) is 21.3 Å². The number of rotatable bonds is 1. The van der Waals surface area contributed by atoms with E-state index < -0.39 is 0 Å². The topological polar surface area (TPSA) is 95.5 Å². The van der Waals surface area contributed by atoms with Crippen LogP contribution in [0.5, 0.6) is 0 Å². The highest BCUT2D eigenvalue weighted by atomic mass is 16.3. The number of fused-ring (bicyclic) bond motifs is 3. The fourth-order valence-electron chi connectivity index (χ4n) is 2.65. The molecule has 0 aliphatic carbocycles. The summed E-state index contributed by atoms with van der Waals surface area (Å²) in [4.78, 5) is 8.83. The minimum atomic E-state index is 0. The third-order valence-electron chi connectivity index (χ3n) is 3.75. The zero-order valence-electron chi connectivity index (χ0n) is 12.8. The Labute approximate surface area is 133 Å². The Balaban J connectivity index is 0.00000156. The van der Waals surface area contributed by atoms with Crippen LogP contribution in [0.3, 0.4) is 0 Å². The van der Waals surface area contributed by atoms with Crippen LogP contribution < -0.4 is 15.6 Å². The highest BCUT2D eigenvalue weighted by molar-refractivity contribution is 6.07. The number of nitrogens with one attached hydrogen (secondary N) is 1. The minimum Gasteiger partial charge on any atom is -0.492 e. The van der Waals surface area contributed by atoms with Gasteiger partial charge in [-0.05, 0) is 38.1 Å². The van der Waals surface area contributed by atoms with Crippen LogP contribution in [0.25, 0.3) is 0 Å². The molecule has 0 saturated heterocycles. The molecule has 23 heavy (non-hydrogen) atoms. The van der Waals surface area contributed by atoms with E-state index in [4.69, 9.17) is 0 Å². The van der Waals surface area contributed by atoms with E-state index in [2.05, 4.69) is 15.5 Å². The lowest BCUT2D eigenvalue weighted by atomic mass is 10.1. The van der Waals surface area contributed by atoms with Gasteiger partial charge in [0.15, 0.2) is 0 Å². The molecule has 2 aliphatic rings. The number of aliphatic hydroxyl groups excluding tert-OH is 1. The molecule has 0 fully saturated rings. The summed E-state index contributed by atoms with van der Waals surface area (Å²) < 4.78 is 0. The number of hydrogen-bond acceptors (Lipinski definition) is 6. The first-order valence-electron chi connectivity index (χ1n) is 7.02. The van der Waals surface area contributed by atoms with Crippen molar-refractivity contribution < 1.29 is 10.6 Å². The summed E-state index contributed by atoms with van der Waals surface area (Å²) in [7, 11) is 0. The van der Waals surface area contributed by atoms with Gasteiger partial charge in [0, 0.05) is 5.69 Å². The van der Waals surface area contributed by atoms with Crippen LogP contribution in [-0.2, 0) is 0 Å². The van der Waals surface area contributed by atoms with E-state index >= 15 is 0 Å². The number of aliphatic hydroxyl groups is 1. The normalized spacial score (nSPS) is 15.8. The maximum absolute atomic E-state index is 10.6. The predicted molar refractivity (Wildman–Crippen MR) is 89.5 cm³/mol. The Hall–Kier alpha value is -2.90. The molecule has 0 amide bonds. The second-order valence-corrected chi connectivity index (χ2v) is 5.29. The number of aromatic nitrogens is 1. The highest BCUT2D eigenvalue weighted by Gasteiger charge is 2.36. The fourth-order valence-corrected chi connectivity index (χ4v) is 2.65. The number of anilines is 2. The van der Waals surface area contributed by atoms with Crippen molar-refractivity contribution >= 4 is 22.8 Å². The van der Waals surface area contributed by atoms with Crippen molar-refractivity contribution in [3.8, 4) is 0 Å². The number of hydrogen-bond donors (Lipinski definition) is 2. The van der Waals surface area contributed by atoms with Gasteiger partial charge < -0.3 is 10.6 Å². The highest BCUT2D eigenvalue weighted by Crippen LogP contribution is 2.39. The van der Waals surface area contributed by atoms with E-state index in [1.54, 1.807) is 11.2 Å². The average Bonchev–Trinajstić information content (AvgIpc) is 2.87. The number of para-hydroxylation sites is 2. The fraction of sp³-hybridized carbons (Fsp3) is 0.125. The Morgan fingerprint density at radius 2 is 1.83 bits per heavy atom. The molecule has 7 nitrogen and oxygen atoms in total. The Bertz CT molecular complexity index is 813. The van der Waals surface area contributed by atoms with E-state index in [-0.39, 0.29) is 11.4 Å². The van der Waals surface area contributed by atoms with Gasteiger partial charge in [0.2, 0.25) is 5.88 Å². The van der Waals surface area contributed by atoms with Crippen LogP contribution in [0, 0.1) is 6.92 Å². The molecule has 1 aromatic heterocycles. The Morgan fingerprint density at radius 1 is 1.04 bits per heavy atom. The monoisotopic (exact) mass is 311 g/mol. The second-order valence-electron chi connectivity index (χ2n) is 5.29. The van der Waals surface area contributed by atoms with Crippen LogP contribution in [0.1, 0.15) is 12.6 Å². The Kier molecular flexibility index (Phi) is 3.51. The van der Waals surface area contributed by atoms with Crippen molar-refractivity contribution in [2.45, 2.75) is 13.8 Å². The number of hydrazine groups is 2. The summed E-state index contributed by atoms with van der Waals surface area (Å²) in [5, 5.41) is 14.0. The van der Waals surface area contributed by atoms with E-state index in [1.165, 1.54) is 0 Å². The number of benzene rings is 1. The van der Waals surface area contributed by atoms with Crippen LogP contribution in [0.15, 0.2) is 59.2 Å². The van der Waals surface area contributed by atoms with Gasteiger partial charge in [-0.2, -0.15) is 0 Å². The smallest absolute Gasteiger partial charge is 0.236 e. The maximum atomic E-state index is 10.6. The summed E-state index contributed by atoms with van der Waals surface area (Å²) in [6.45, 7) is 3.81. The van der Waals surface area contributed by atoms with Gasteiger partial charge in [-0.25, -0.2) is 15.0 Å². The lowest BCUT2D eigenvalue weighted by molar-refractivity contribution is 0.388. The van der Waals surface area contributed by atoms with E-state index in [1.807, 2.05) is 55.3 Å². The third kappa shape index (κ3) is 2.23. The maximum Gasteiger partial charge on any atom is 0.236 e. The predicted octanol–water partition coefficient (Wildman–Crippen LogP) is 2.14. The summed E-state index contributed by atoms with van der Waals surface area (Å²) in [5.41, 5.74) is 8.05. The Morgan fingerprint density at radius 3 is 2.57 bits per heavy atom. The summed E-state index contributed by atoms with van der Waals surface area (Å²) in [5.74, 6) is 0.112. The van der Waals surface area contributed by atoms with Gasteiger partial charge in [-0.15, -0.1) is 5.53 Å². The van der Waals surface area contributed by atoms with E-state index in [0.29, 0.717) is 5.70 Å². The quantitative estimate of drug-likeness (QED) is 0.841. The molecule has 1 aromatic carbocycles. The second kappa shape index (κ2) is 5.38. The summed E-state index contributed by atoms with van der Waals surface area (Å²) in [6.07, 6.45) is 1.72. The molecule has 0 radical (unpaired) electrons.